The van der Waals surface area contributed by atoms with Crippen molar-refractivity contribution >= 4 is 18.2 Å². The van der Waals surface area contributed by atoms with Gasteiger partial charge >= 0.3 is 0 Å². The predicted molar refractivity (Wildman–Crippen MR) is 89.5 cm³/mol. The van der Waals surface area contributed by atoms with Crippen LogP contribution in [0.4, 0.5) is 0 Å². The smallest absolute Gasteiger partial charge is 0.119 e. The number of ether oxygens (including phenoxy) is 1. The molecule has 4 nitrogen and oxygen atoms in total. The number of nitrogens with two attached hydrogens (primary N) is 1. The Morgan fingerprint density at radius 1 is 1.24 bits per heavy atom. The second-order valence-electron chi connectivity index (χ2n) is 5.46. The summed E-state index contributed by atoms with van der Waals surface area (Å²) in [5.41, 5.74) is 6.64. The maximum absolute atomic E-state index is 7.17. The lowest BCUT2D eigenvalue weighted by Gasteiger charge is -2.26. The lowest BCUT2D eigenvalue weighted by atomic mass is 10.1. The van der Waals surface area contributed by atoms with Gasteiger partial charge in [0.25, 0.3) is 0 Å². The molecule has 1 heterocycles. The fourth-order valence-electron chi connectivity index (χ4n) is 2.56. The van der Waals surface area contributed by atoms with Crippen LogP contribution in [0.5, 0.6) is 5.75 Å². The van der Waals surface area contributed by atoms with Crippen molar-refractivity contribution in [1.29, 1.82) is 5.41 Å². The van der Waals surface area contributed by atoms with Crippen LogP contribution in [0.1, 0.15) is 37.7 Å². The van der Waals surface area contributed by atoms with Crippen LogP contribution >= 0.6 is 12.4 Å². The third-order valence-corrected chi connectivity index (χ3v) is 3.61. The molecule has 0 bridgehead atoms. The zero-order valence-corrected chi connectivity index (χ0v) is 13.3. The first-order valence-electron chi connectivity index (χ1n) is 7.51. The Balaban J connectivity index is 0.00000220. The quantitative estimate of drug-likeness (QED) is 0.462. The van der Waals surface area contributed by atoms with E-state index in [-0.39, 0.29) is 18.2 Å². The van der Waals surface area contributed by atoms with Gasteiger partial charge in [0, 0.05) is 13.0 Å². The monoisotopic (exact) mass is 311 g/mol. The summed E-state index contributed by atoms with van der Waals surface area (Å²) in [5, 5.41) is 7.17. The van der Waals surface area contributed by atoms with Crippen molar-refractivity contribution in [3.63, 3.8) is 0 Å². The van der Waals surface area contributed by atoms with Crippen molar-refractivity contribution < 1.29 is 4.74 Å². The highest BCUT2D eigenvalue weighted by atomic mass is 35.5. The molecule has 21 heavy (non-hydrogen) atoms. The van der Waals surface area contributed by atoms with Crippen molar-refractivity contribution in [2.24, 2.45) is 5.73 Å². The van der Waals surface area contributed by atoms with Crippen LogP contribution in [0, 0.1) is 5.41 Å². The molecule has 0 aliphatic carbocycles. The van der Waals surface area contributed by atoms with E-state index >= 15 is 0 Å². The summed E-state index contributed by atoms with van der Waals surface area (Å²) in [4.78, 5) is 2.51. The molecule has 0 aromatic heterocycles. The average molecular weight is 312 g/mol. The number of benzene rings is 1. The Hall–Kier alpha value is -1.26. The second-order valence-corrected chi connectivity index (χ2v) is 5.46. The highest BCUT2D eigenvalue weighted by Gasteiger charge is 2.10. The summed E-state index contributed by atoms with van der Waals surface area (Å²) >= 11 is 0. The maximum atomic E-state index is 7.17. The standard InChI is InChI=1S/C16H25N3O.ClH/c17-16(18)8-5-11-20-15-7-4-6-14(12-15)13-19-9-2-1-3-10-19;/h4,6-7,12H,1-3,5,8-11,13H2,(H3,17,18);1H. The van der Waals surface area contributed by atoms with Gasteiger partial charge in [-0.1, -0.05) is 18.6 Å². The van der Waals surface area contributed by atoms with Crippen LogP contribution in [0.25, 0.3) is 0 Å². The van der Waals surface area contributed by atoms with E-state index in [0.29, 0.717) is 13.0 Å². The Morgan fingerprint density at radius 3 is 2.71 bits per heavy atom. The summed E-state index contributed by atoms with van der Waals surface area (Å²) in [6.07, 6.45) is 5.41. The number of halogens is 1. The van der Waals surface area contributed by atoms with E-state index < -0.39 is 0 Å². The van der Waals surface area contributed by atoms with Crippen molar-refractivity contribution in [2.45, 2.75) is 38.6 Å². The number of nitrogens with one attached hydrogen (secondary N) is 1. The van der Waals surface area contributed by atoms with Gasteiger partial charge < -0.3 is 10.5 Å². The summed E-state index contributed by atoms with van der Waals surface area (Å²) in [5.74, 6) is 1.15. The molecule has 1 aliphatic heterocycles. The van der Waals surface area contributed by atoms with Gasteiger partial charge in [-0.3, -0.25) is 10.3 Å². The highest BCUT2D eigenvalue weighted by Crippen LogP contribution is 2.17. The molecule has 0 spiro atoms. The molecule has 3 N–H and O–H groups in total. The largest absolute Gasteiger partial charge is 0.494 e. The fraction of sp³-hybridized carbons (Fsp3) is 0.562. The van der Waals surface area contributed by atoms with Crippen LogP contribution < -0.4 is 10.5 Å². The van der Waals surface area contributed by atoms with Gasteiger partial charge in [-0.25, -0.2) is 0 Å². The van der Waals surface area contributed by atoms with Gasteiger partial charge in [-0.15, -0.1) is 12.4 Å². The van der Waals surface area contributed by atoms with Crippen molar-refractivity contribution in [2.75, 3.05) is 19.7 Å². The van der Waals surface area contributed by atoms with Crippen LogP contribution in [-0.4, -0.2) is 30.4 Å². The van der Waals surface area contributed by atoms with E-state index in [9.17, 15) is 0 Å². The molecule has 1 saturated heterocycles. The number of amidine groups is 1. The van der Waals surface area contributed by atoms with Crippen molar-refractivity contribution in [3.05, 3.63) is 29.8 Å². The van der Waals surface area contributed by atoms with E-state index in [1.807, 2.05) is 6.07 Å². The van der Waals surface area contributed by atoms with E-state index in [2.05, 4.69) is 23.1 Å². The Morgan fingerprint density at radius 2 is 2.00 bits per heavy atom. The van der Waals surface area contributed by atoms with Crippen LogP contribution in [0.15, 0.2) is 24.3 Å². The van der Waals surface area contributed by atoms with Gasteiger partial charge in [-0.2, -0.15) is 0 Å². The zero-order valence-electron chi connectivity index (χ0n) is 12.5. The number of likely N-dealkylation sites (tertiary alicyclic amines) is 1. The average Bonchev–Trinajstić information content (AvgIpc) is 2.45. The minimum Gasteiger partial charge on any atom is -0.494 e. The summed E-state index contributed by atoms with van der Waals surface area (Å²) in [6.45, 7) is 4.06. The number of nitrogens with zero attached hydrogens (tertiary/aromatic N) is 1. The van der Waals surface area contributed by atoms with Crippen LogP contribution in [-0.2, 0) is 6.54 Å². The molecule has 1 fully saturated rings. The van der Waals surface area contributed by atoms with Gasteiger partial charge in [0.15, 0.2) is 0 Å². The molecule has 0 amide bonds. The molecule has 118 valence electrons. The molecule has 5 heteroatoms. The molecule has 0 radical (unpaired) electrons. The SMILES string of the molecule is Cl.N=C(N)CCCOc1cccc(CN2CCCCC2)c1. The summed E-state index contributed by atoms with van der Waals surface area (Å²) in [7, 11) is 0. The van der Waals surface area contributed by atoms with Gasteiger partial charge in [-0.05, 0) is 50.0 Å². The number of rotatable bonds is 7. The fourth-order valence-corrected chi connectivity index (χ4v) is 2.56. The normalized spacial score (nSPS) is 15.2. The summed E-state index contributed by atoms with van der Waals surface area (Å²) < 4.78 is 5.72. The lowest BCUT2D eigenvalue weighted by Crippen LogP contribution is -2.29. The molecule has 2 rings (SSSR count). The molecule has 0 atom stereocenters. The molecule has 1 aromatic rings. The van der Waals surface area contributed by atoms with E-state index in [4.69, 9.17) is 15.9 Å². The molecule has 0 saturated carbocycles. The maximum Gasteiger partial charge on any atom is 0.119 e. The topological polar surface area (TPSA) is 62.3 Å². The van der Waals surface area contributed by atoms with E-state index in [1.54, 1.807) is 0 Å². The number of hydrogen-bond acceptors (Lipinski definition) is 3. The molecular formula is C16H26ClN3O. The first-order valence-corrected chi connectivity index (χ1v) is 7.51. The van der Waals surface area contributed by atoms with Crippen molar-refractivity contribution in [1.82, 2.24) is 4.90 Å². The highest BCUT2D eigenvalue weighted by molar-refractivity contribution is 5.85. The molecule has 0 unspecified atom stereocenters. The van der Waals surface area contributed by atoms with E-state index in [0.717, 1.165) is 18.7 Å². The van der Waals surface area contributed by atoms with Crippen LogP contribution in [0.2, 0.25) is 0 Å². The minimum absolute atomic E-state index is 0. The zero-order chi connectivity index (χ0) is 14.2. The first-order chi connectivity index (χ1) is 9.74. The number of piperidine rings is 1. The van der Waals surface area contributed by atoms with Gasteiger partial charge in [0.2, 0.25) is 0 Å². The molecular weight excluding hydrogens is 286 g/mol. The summed E-state index contributed by atoms with van der Waals surface area (Å²) in [6, 6.07) is 8.34. The first kappa shape index (κ1) is 17.8. The second kappa shape index (κ2) is 9.64. The van der Waals surface area contributed by atoms with Gasteiger partial charge in [0.05, 0.1) is 12.4 Å². The third kappa shape index (κ3) is 6.82. The lowest BCUT2D eigenvalue weighted by molar-refractivity contribution is 0.220. The number of hydrogen-bond donors (Lipinski definition) is 2. The van der Waals surface area contributed by atoms with Gasteiger partial charge in [0.1, 0.15) is 5.75 Å². The Bertz CT molecular complexity index is 433. The molecule has 1 aliphatic rings. The van der Waals surface area contributed by atoms with E-state index in [1.165, 1.54) is 37.9 Å². The Labute approximate surface area is 133 Å². The van der Waals surface area contributed by atoms with Crippen LogP contribution in [0.3, 0.4) is 0 Å². The minimum atomic E-state index is 0. The van der Waals surface area contributed by atoms with Crippen molar-refractivity contribution in [3.8, 4) is 5.75 Å². The predicted octanol–water partition coefficient (Wildman–Crippen LogP) is 3.19. The Kier molecular flexibility index (Phi) is 8.16. The molecule has 1 aromatic carbocycles. The third-order valence-electron chi connectivity index (χ3n) is 3.61.